The van der Waals surface area contributed by atoms with Crippen LogP contribution in [0.5, 0.6) is 0 Å². The Labute approximate surface area is 228 Å². The highest BCUT2D eigenvalue weighted by molar-refractivity contribution is 5.81. The third kappa shape index (κ3) is 4.63. The van der Waals surface area contributed by atoms with E-state index in [0.29, 0.717) is 12.2 Å². The molecule has 3 aromatic heterocycles. The minimum atomic E-state index is -0.319. The van der Waals surface area contributed by atoms with Crippen LogP contribution in [0.1, 0.15) is 67.9 Å². The lowest BCUT2D eigenvalue weighted by atomic mass is 9.96. The number of hydrogen-bond acceptors (Lipinski definition) is 6. The van der Waals surface area contributed by atoms with Gasteiger partial charge in [-0.15, -0.1) is 10.2 Å². The van der Waals surface area contributed by atoms with Gasteiger partial charge in [-0.2, -0.15) is 5.21 Å². The summed E-state index contributed by atoms with van der Waals surface area (Å²) in [4.78, 5) is 10.2. The molecule has 2 aromatic carbocycles. The monoisotopic (exact) mass is 521 g/mol. The van der Waals surface area contributed by atoms with E-state index in [9.17, 15) is 5.11 Å². The van der Waals surface area contributed by atoms with E-state index in [1.54, 1.807) is 0 Å². The van der Waals surface area contributed by atoms with Crippen LogP contribution in [0.3, 0.4) is 0 Å². The smallest absolute Gasteiger partial charge is 0.205 e. The minimum absolute atomic E-state index is 0.199. The first-order valence-corrected chi connectivity index (χ1v) is 14.0. The molecule has 8 heteroatoms. The molecule has 39 heavy (non-hydrogen) atoms. The lowest BCUT2D eigenvalue weighted by Gasteiger charge is -2.18. The standard InChI is InChI=1S/C31H35N7O/c1-5-28-33-29-19(4)16-22(12-15-27(39)18(2)3)32-31(29)38(28)26-14-11-21-17-20(10-13-24(21)26)23-8-6-7-9-25(23)30-34-36-37-35-30/h6-10,13,16-18,26-27,39H,5,11-12,14-15H2,1-4H3,(H,34,35,36,37). The number of aromatic nitrogens is 7. The van der Waals surface area contributed by atoms with Crippen molar-refractivity contribution in [3.8, 4) is 22.5 Å². The largest absolute Gasteiger partial charge is 0.393 e. The highest BCUT2D eigenvalue weighted by atomic mass is 16.3. The Balaban J connectivity index is 1.38. The van der Waals surface area contributed by atoms with E-state index in [4.69, 9.17) is 9.97 Å². The summed E-state index contributed by atoms with van der Waals surface area (Å²) >= 11 is 0. The van der Waals surface area contributed by atoms with E-state index in [0.717, 1.165) is 70.6 Å². The summed E-state index contributed by atoms with van der Waals surface area (Å²) in [6.07, 6.45) is 4.01. The normalized spacial score (nSPS) is 15.8. The molecule has 0 saturated heterocycles. The molecular weight excluding hydrogens is 486 g/mol. The number of tetrazole rings is 1. The number of pyridine rings is 1. The molecule has 2 atom stereocenters. The average molecular weight is 522 g/mol. The second-order valence-electron chi connectivity index (χ2n) is 11.0. The lowest BCUT2D eigenvalue weighted by Crippen LogP contribution is -2.16. The van der Waals surface area contributed by atoms with E-state index < -0.39 is 0 Å². The molecule has 0 radical (unpaired) electrons. The van der Waals surface area contributed by atoms with Crippen molar-refractivity contribution in [2.24, 2.45) is 5.92 Å². The molecule has 0 fully saturated rings. The van der Waals surface area contributed by atoms with Crippen LogP contribution in [0.4, 0.5) is 0 Å². The number of nitrogens with zero attached hydrogens (tertiary/aromatic N) is 6. The molecule has 6 rings (SSSR count). The number of H-pyrrole nitrogens is 1. The number of nitrogens with one attached hydrogen (secondary N) is 1. The first kappa shape index (κ1) is 25.4. The molecule has 0 saturated carbocycles. The number of hydrogen-bond donors (Lipinski definition) is 2. The molecule has 2 unspecified atom stereocenters. The summed E-state index contributed by atoms with van der Waals surface area (Å²) in [5, 5.41) is 25.1. The van der Waals surface area contributed by atoms with Crippen LogP contribution >= 0.6 is 0 Å². The van der Waals surface area contributed by atoms with E-state index >= 15 is 0 Å². The fourth-order valence-corrected chi connectivity index (χ4v) is 5.90. The Morgan fingerprint density at radius 1 is 1.08 bits per heavy atom. The van der Waals surface area contributed by atoms with Gasteiger partial charge in [0.1, 0.15) is 11.3 Å². The van der Waals surface area contributed by atoms with Gasteiger partial charge in [-0.25, -0.2) is 9.97 Å². The molecule has 2 N–H and O–H groups in total. The van der Waals surface area contributed by atoms with Crippen molar-refractivity contribution in [2.45, 2.75) is 71.9 Å². The number of aliphatic hydroxyl groups is 1. The maximum absolute atomic E-state index is 10.4. The van der Waals surface area contributed by atoms with Gasteiger partial charge in [-0.3, -0.25) is 0 Å². The summed E-state index contributed by atoms with van der Waals surface area (Å²) < 4.78 is 2.38. The zero-order valence-corrected chi connectivity index (χ0v) is 23.0. The van der Waals surface area contributed by atoms with Crippen LogP contribution in [-0.2, 0) is 19.3 Å². The van der Waals surface area contributed by atoms with Crippen molar-refractivity contribution in [3.63, 3.8) is 0 Å². The molecule has 1 aliphatic rings. The number of aryl methyl sites for hydroxylation is 4. The summed E-state index contributed by atoms with van der Waals surface area (Å²) in [5.74, 6) is 1.91. The molecule has 5 aromatic rings. The first-order chi connectivity index (χ1) is 18.9. The van der Waals surface area contributed by atoms with Gasteiger partial charge in [0, 0.05) is 17.7 Å². The molecule has 0 spiro atoms. The van der Waals surface area contributed by atoms with Crippen LogP contribution in [0.2, 0.25) is 0 Å². The van der Waals surface area contributed by atoms with Crippen LogP contribution in [0, 0.1) is 12.8 Å². The predicted molar refractivity (Wildman–Crippen MR) is 152 cm³/mol. The van der Waals surface area contributed by atoms with Crippen LogP contribution in [0.25, 0.3) is 33.7 Å². The average Bonchev–Trinajstić information content (AvgIpc) is 3.70. The summed E-state index contributed by atoms with van der Waals surface area (Å²) in [6.45, 7) is 8.41. The Morgan fingerprint density at radius 3 is 2.64 bits per heavy atom. The van der Waals surface area contributed by atoms with E-state index in [2.05, 4.69) is 83.2 Å². The van der Waals surface area contributed by atoms with Crippen LogP contribution in [-0.4, -0.2) is 46.4 Å². The van der Waals surface area contributed by atoms with Gasteiger partial charge in [-0.05, 0) is 77.6 Å². The van der Waals surface area contributed by atoms with E-state index in [1.807, 2.05) is 18.2 Å². The molecule has 8 nitrogen and oxygen atoms in total. The second kappa shape index (κ2) is 10.3. The van der Waals surface area contributed by atoms with Crippen molar-refractivity contribution in [3.05, 3.63) is 76.7 Å². The van der Waals surface area contributed by atoms with Gasteiger partial charge in [0.05, 0.1) is 12.1 Å². The van der Waals surface area contributed by atoms with Gasteiger partial charge in [0.25, 0.3) is 0 Å². The van der Waals surface area contributed by atoms with Gasteiger partial charge in [0.2, 0.25) is 5.82 Å². The molecule has 3 heterocycles. The number of fused-ring (bicyclic) bond motifs is 2. The predicted octanol–water partition coefficient (Wildman–Crippen LogP) is 5.63. The van der Waals surface area contributed by atoms with Crippen molar-refractivity contribution in [2.75, 3.05) is 0 Å². The molecule has 0 aliphatic heterocycles. The Kier molecular flexibility index (Phi) is 6.73. The molecule has 200 valence electrons. The zero-order valence-electron chi connectivity index (χ0n) is 23.0. The molecule has 0 amide bonds. The highest BCUT2D eigenvalue weighted by Crippen LogP contribution is 2.40. The maximum Gasteiger partial charge on any atom is 0.205 e. The van der Waals surface area contributed by atoms with Crippen molar-refractivity contribution >= 4 is 11.2 Å². The van der Waals surface area contributed by atoms with Crippen LogP contribution in [0.15, 0.2) is 48.5 Å². The van der Waals surface area contributed by atoms with Crippen molar-refractivity contribution in [1.29, 1.82) is 0 Å². The summed E-state index contributed by atoms with van der Waals surface area (Å²) in [5.41, 5.74) is 10.0. The highest BCUT2D eigenvalue weighted by Gasteiger charge is 2.29. The minimum Gasteiger partial charge on any atom is -0.393 e. The Morgan fingerprint density at radius 2 is 1.90 bits per heavy atom. The Bertz CT molecular complexity index is 1620. The van der Waals surface area contributed by atoms with Gasteiger partial charge in [0.15, 0.2) is 5.65 Å². The molecule has 0 bridgehead atoms. The van der Waals surface area contributed by atoms with E-state index in [-0.39, 0.29) is 18.1 Å². The third-order valence-electron chi connectivity index (χ3n) is 8.07. The summed E-state index contributed by atoms with van der Waals surface area (Å²) in [6, 6.07) is 17.3. The number of rotatable bonds is 8. The number of aromatic amines is 1. The number of aliphatic hydroxyl groups excluding tert-OH is 1. The fourth-order valence-electron chi connectivity index (χ4n) is 5.90. The summed E-state index contributed by atoms with van der Waals surface area (Å²) in [7, 11) is 0. The van der Waals surface area contributed by atoms with Gasteiger partial charge < -0.3 is 9.67 Å². The topological polar surface area (TPSA) is 105 Å². The first-order valence-electron chi connectivity index (χ1n) is 14.0. The van der Waals surface area contributed by atoms with Crippen molar-refractivity contribution < 1.29 is 5.11 Å². The quantitative estimate of drug-likeness (QED) is 0.274. The Hall–Kier alpha value is -3.91. The van der Waals surface area contributed by atoms with Gasteiger partial charge >= 0.3 is 0 Å². The lowest BCUT2D eigenvalue weighted by molar-refractivity contribution is 0.116. The van der Waals surface area contributed by atoms with Gasteiger partial charge in [-0.1, -0.05) is 63.2 Å². The maximum atomic E-state index is 10.4. The number of imidazole rings is 1. The van der Waals surface area contributed by atoms with E-state index in [1.165, 1.54) is 11.1 Å². The third-order valence-corrected chi connectivity index (χ3v) is 8.07. The van der Waals surface area contributed by atoms with Crippen molar-refractivity contribution in [1.82, 2.24) is 35.2 Å². The molecule has 1 aliphatic carbocycles. The second-order valence-corrected chi connectivity index (χ2v) is 11.0. The fraction of sp³-hybridized carbons (Fsp3) is 0.387. The van der Waals surface area contributed by atoms with Crippen LogP contribution < -0.4 is 0 Å². The molecular formula is C31H35N7O. The number of benzene rings is 2. The zero-order chi connectivity index (χ0) is 27.1. The SMILES string of the molecule is CCc1nc2c(C)cc(CCC(O)C(C)C)nc2n1C1CCc2cc(-c3ccccc3-c3nn[nH]n3)ccc21.